The van der Waals surface area contributed by atoms with Crippen LogP contribution in [0.25, 0.3) is 0 Å². The predicted octanol–water partition coefficient (Wildman–Crippen LogP) is 2.00. The van der Waals surface area contributed by atoms with Gasteiger partial charge < -0.3 is 10.4 Å². The smallest absolute Gasteiger partial charge is 0.408 e. The molecule has 20 heavy (non-hydrogen) atoms. The molecule has 2 atom stereocenters. The fourth-order valence-corrected chi connectivity index (χ4v) is 2.62. The first-order chi connectivity index (χ1) is 9.49. The molecule has 1 saturated heterocycles. The maximum atomic E-state index is 11.6. The number of thiocarbonyl (C=S) groups is 1. The Morgan fingerprint density at radius 3 is 3.15 bits per heavy atom. The first-order valence-electron chi connectivity index (χ1n) is 6.25. The van der Waals surface area contributed by atoms with Gasteiger partial charge in [-0.15, -0.1) is 0 Å². The number of nitrogens with one attached hydrogen (secondary N) is 1. The topological polar surface area (TPSA) is 77.8 Å². The average molecular weight is 292 g/mol. The number of hydrogen-bond donors (Lipinski definition) is 2. The molecule has 1 fully saturated rings. The second-order valence-electron chi connectivity index (χ2n) is 5.04. The van der Waals surface area contributed by atoms with Crippen molar-refractivity contribution in [1.29, 1.82) is 0 Å². The molecule has 1 amide bonds. The van der Waals surface area contributed by atoms with Crippen LogP contribution in [0.2, 0.25) is 0 Å². The molecule has 1 aromatic heterocycles. The van der Waals surface area contributed by atoms with Crippen molar-refractivity contribution in [3.8, 4) is 0 Å². The highest BCUT2D eigenvalue weighted by atomic mass is 32.1. The van der Waals surface area contributed by atoms with Crippen molar-refractivity contribution in [3.63, 3.8) is 0 Å². The van der Waals surface area contributed by atoms with Gasteiger partial charge in [-0.2, -0.15) is 4.99 Å². The minimum atomic E-state index is -0.949. The fraction of sp³-hybridized carbons (Fsp3) is 0.462. The minimum absolute atomic E-state index is 0.110. The standard InChI is InChI=1S/C13H16N4O2S/c1-9-6-17(12(18)19)13(2,7-15-9)10-3-4-14-5-11(10)16-8-20/h3-5,9,15H,6-7H2,1-2H3,(H,18,19). The number of piperazine rings is 1. The molecule has 0 spiro atoms. The molecule has 106 valence electrons. The number of carboxylic acid groups (broad SMARTS) is 1. The molecular formula is C13H16N4O2S. The van der Waals surface area contributed by atoms with Gasteiger partial charge in [0.25, 0.3) is 0 Å². The Balaban J connectivity index is 2.52. The van der Waals surface area contributed by atoms with E-state index >= 15 is 0 Å². The van der Waals surface area contributed by atoms with E-state index in [1.165, 1.54) is 4.90 Å². The van der Waals surface area contributed by atoms with Gasteiger partial charge >= 0.3 is 6.09 Å². The number of hydrogen-bond acceptors (Lipinski definition) is 5. The van der Waals surface area contributed by atoms with Crippen molar-refractivity contribution in [2.75, 3.05) is 13.1 Å². The number of isothiocyanates is 1. The molecule has 0 bridgehead atoms. The first-order valence-corrected chi connectivity index (χ1v) is 6.66. The summed E-state index contributed by atoms with van der Waals surface area (Å²) in [5, 5.41) is 15.1. The molecule has 1 aromatic rings. The third kappa shape index (κ3) is 2.56. The van der Waals surface area contributed by atoms with Crippen molar-refractivity contribution in [3.05, 3.63) is 24.0 Å². The quantitative estimate of drug-likeness (QED) is 0.644. The largest absolute Gasteiger partial charge is 0.465 e. The fourth-order valence-electron chi connectivity index (χ4n) is 2.52. The number of pyridine rings is 1. The third-order valence-corrected chi connectivity index (χ3v) is 3.72. The van der Waals surface area contributed by atoms with E-state index in [1.54, 1.807) is 18.5 Å². The van der Waals surface area contributed by atoms with Crippen molar-refractivity contribution in [2.24, 2.45) is 4.99 Å². The van der Waals surface area contributed by atoms with Gasteiger partial charge in [-0.3, -0.25) is 9.88 Å². The molecule has 2 heterocycles. The van der Waals surface area contributed by atoms with Crippen LogP contribution in [-0.4, -0.2) is 45.4 Å². The normalized spacial score (nSPS) is 25.9. The van der Waals surface area contributed by atoms with Crippen LogP contribution >= 0.6 is 12.2 Å². The summed E-state index contributed by atoms with van der Waals surface area (Å²) < 4.78 is 0. The van der Waals surface area contributed by atoms with E-state index in [-0.39, 0.29) is 6.04 Å². The van der Waals surface area contributed by atoms with Crippen LogP contribution in [0, 0.1) is 0 Å². The first kappa shape index (κ1) is 14.6. The van der Waals surface area contributed by atoms with Crippen LogP contribution in [0.4, 0.5) is 10.5 Å². The molecule has 7 heteroatoms. The Bertz CT molecular complexity index is 573. The lowest BCUT2D eigenvalue weighted by Gasteiger charge is -2.46. The number of carbonyl (C=O) groups is 1. The number of amides is 1. The van der Waals surface area contributed by atoms with Crippen LogP contribution in [0.15, 0.2) is 23.5 Å². The van der Waals surface area contributed by atoms with Crippen molar-refractivity contribution in [1.82, 2.24) is 15.2 Å². The summed E-state index contributed by atoms with van der Waals surface area (Å²) in [6.45, 7) is 4.75. The summed E-state index contributed by atoms with van der Waals surface area (Å²) in [4.78, 5) is 21.0. The Labute approximate surface area is 122 Å². The lowest BCUT2D eigenvalue weighted by atomic mass is 9.87. The maximum Gasteiger partial charge on any atom is 0.408 e. The van der Waals surface area contributed by atoms with Gasteiger partial charge in [0.2, 0.25) is 0 Å². The summed E-state index contributed by atoms with van der Waals surface area (Å²) >= 11 is 4.64. The van der Waals surface area contributed by atoms with Crippen molar-refractivity contribution >= 4 is 29.2 Å². The molecule has 1 aliphatic heterocycles. The van der Waals surface area contributed by atoms with E-state index < -0.39 is 11.6 Å². The summed E-state index contributed by atoms with van der Waals surface area (Å²) in [5.74, 6) is 0. The van der Waals surface area contributed by atoms with E-state index in [4.69, 9.17) is 0 Å². The Morgan fingerprint density at radius 2 is 2.50 bits per heavy atom. The average Bonchev–Trinajstić information content (AvgIpc) is 2.42. The van der Waals surface area contributed by atoms with Gasteiger partial charge in [-0.05, 0) is 32.1 Å². The highest BCUT2D eigenvalue weighted by Crippen LogP contribution is 2.36. The van der Waals surface area contributed by atoms with Crippen LogP contribution in [-0.2, 0) is 5.54 Å². The van der Waals surface area contributed by atoms with E-state index in [0.717, 1.165) is 5.56 Å². The second kappa shape index (κ2) is 5.66. The summed E-state index contributed by atoms with van der Waals surface area (Å²) in [5.41, 5.74) is 0.603. The van der Waals surface area contributed by atoms with Crippen LogP contribution in [0.3, 0.4) is 0 Å². The molecular weight excluding hydrogens is 276 g/mol. The third-order valence-electron chi connectivity index (χ3n) is 3.62. The molecule has 1 aliphatic rings. The van der Waals surface area contributed by atoms with Gasteiger partial charge in [0.15, 0.2) is 0 Å². The maximum absolute atomic E-state index is 11.6. The van der Waals surface area contributed by atoms with Gasteiger partial charge in [-0.25, -0.2) is 4.79 Å². The SMILES string of the molecule is CC1CN(C(=O)O)C(C)(c2ccncc2N=C=S)CN1. The minimum Gasteiger partial charge on any atom is -0.465 e. The van der Waals surface area contributed by atoms with E-state index in [1.807, 2.05) is 13.8 Å². The van der Waals surface area contributed by atoms with Gasteiger partial charge in [0.1, 0.15) is 0 Å². The Hall–Kier alpha value is -1.82. The number of aromatic nitrogens is 1. The van der Waals surface area contributed by atoms with Crippen LogP contribution in [0.1, 0.15) is 19.4 Å². The lowest BCUT2D eigenvalue weighted by molar-refractivity contribution is 0.0522. The molecule has 0 aromatic carbocycles. The zero-order valence-corrected chi connectivity index (χ0v) is 12.1. The summed E-state index contributed by atoms with van der Waals surface area (Å²) in [6, 6.07) is 1.89. The van der Waals surface area contributed by atoms with E-state index in [0.29, 0.717) is 18.8 Å². The Morgan fingerprint density at radius 1 is 1.75 bits per heavy atom. The van der Waals surface area contributed by atoms with Crippen LogP contribution in [0.5, 0.6) is 0 Å². The zero-order chi connectivity index (χ0) is 14.8. The zero-order valence-electron chi connectivity index (χ0n) is 11.3. The summed E-state index contributed by atoms with van der Waals surface area (Å²) in [6.07, 6.45) is 2.24. The molecule has 0 radical (unpaired) electrons. The lowest BCUT2D eigenvalue weighted by Crippen LogP contribution is -2.62. The molecule has 2 N–H and O–H groups in total. The molecule has 0 saturated carbocycles. The molecule has 2 rings (SSSR count). The molecule has 6 nitrogen and oxygen atoms in total. The Kier molecular flexibility index (Phi) is 4.13. The van der Waals surface area contributed by atoms with Crippen molar-refractivity contribution in [2.45, 2.75) is 25.4 Å². The highest BCUT2D eigenvalue weighted by Gasteiger charge is 2.42. The van der Waals surface area contributed by atoms with E-state index in [2.05, 4.69) is 32.7 Å². The molecule has 0 aliphatic carbocycles. The number of rotatable bonds is 2. The predicted molar refractivity (Wildman–Crippen MR) is 78.5 cm³/mol. The van der Waals surface area contributed by atoms with Gasteiger partial charge in [0, 0.05) is 30.9 Å². The van der Waals surface area contributed by atoms with Gasteiger partial charge in [-0.1, -0.05) is 0 Å². The highest BCUT2D eigenvalue weighted by molar-refractivity contribution is 7.78. The molecule has 2 unspecified atom stereocenters. The summed E-state index contributed by atoms with van der Waals surface area (Å²) in [7, 11) is 0. The van der Waals surface area contributed by atoms with E-state index in [9.17, 15) is 9.90 Å². The van der Waals surface area contributed by atoms with Crippen LogP contribution < -0.4 is 5.32 Å². The number of aliphatic imine (C=N–C) groups is 1. The second-order valence-corrected chi connectivity index (χ2v) is 5.23. The number of nitrogens with zero attached hydrogens (tertiary/aromatic N) is 3. The van der Waals surface area contributed by atoms with Crippen molar-refractivity contribution < 1.29 is 9.90 Å². The monoisotopic (exact) mass is 292 g/mol. The van der Waals surface area contributed by atoms with Gasteiger partial charge in [0.05, 0.1) is 22.6 Å².